The Balaban J connectivity index is 1.79. The molecule has 0 aliphatic rings. The van der Waals surface area contributed by atoms with Crippen LogP contribution < -0.4 is 21.7 Å². The number of nitrogens with two attached hydrogens (primary N) is 1. The molecule has 14 heteroatoms. The van der Waals surface area contributed by atoms with Gasteiger partial charge < -0.3 is 15.4 Å². The molecule has 5 aromatic rings. The van der Waals surface area contributed by atoms with E-state index in [9.17, 15) is 31.5 Å². The number of rotatable bonds is 8. The van der Waals surface area contributed by atoms with Crippen molar-refractivity contribution in [2.45, 2.75) is 19.3 Å². The first-order valence-corrected chi connectivity index (χ1v) is 13.6. The highest BCUT2D eigenvalue weighted by Gasteiger charge is 2.29. The third-order valence-corrected chi connectivity index (χ3v) is 7.75. The average Bonchev–Trinajstić information content (AvgIpc) is 3.30. The predicted octanol–water partition coefficient (Wildman–Crippen LogP) is 5.19. The topological polar surface area (TPSA) is 95.4 Å². The smallest absolute Gasteiger partial charge is 0.422 e. The highest BCUT2D eigenvalue weighted by molar-refractivity contribution is 7.22. The van der Waals surface area contributed by atoms with Gasteiger partial charge in [-0.15, -0.1) is 11.3 Å². The molecule has 0 spiro atoms. The Bertz CT molecular complexity index is 1890. The number of hydrogen-bond acceptors (Lipinski definition) is 7. The number of halogens is 5. The molecule has 0 atom stereocenters. The highest BCUT2D eigenvalue weighted by Crippen LogP contribution is 2.38. The molecule has 2 aromatic carbocycles. The molecule has 2 N–H and O–H groups in total. The van der Waals surface area contributed by atoms with Crippen LogP contribution in [0.4, 0.5) is 27.6 Å². The molecule has 0 aliphatic heterocycles. The molecule has 0 radical (unpaired) electrons. The van der Waals surface area contributed by atoms with Crippen molar-refractivity contribution in [3.63, 3.8) is 0 Å². The molecule has 224 valence electrons. The SMILES string of the molecule is CN(C)Cc1c(-c2ccc(N)cc2)sc2c1c(=O)n(-c1ccc(OCC(F)(F)F)cn1)c(=O)n2Cc1c(F)cccc1F. The Hall–Kier alpha value is -4.56. The fourth-order valence-corrected chi connectivity index (χ4v) is 5.84. The Morgan fingerprint density at radius 2 is 1.65 bits per heavy atom. The second kappa shape index (κ2) is 11.6. The van der Waals surface area contributed by atoms with Gasteiger partial charge in [-0.05, 0) is 61.6 Å². The van der Waals surface area contributed by atoms with Gasteiger partial charge in [-0.25, -0.2) is 23.1 Å². The average molecular weight is 618 g/mol. The van der Waals surface area contributed by atoms with Crippen LogP contribution in [0, 0.1) is 11.6 Å². The lowest BCUT2D eigenvalue weighted by atomic mass is 10.1. The summed E-state index contributed by atoms with van der Waals surface area (Å²) in [4.78, 5) is 34.7. The molecule has 0 bridgehead atoms. The van der Waals surface area contributed by atoms with Crippen LogP contribution in [0.5, 0.6) is 5.75 Å². The normalized spacial score (nSPS) is 11.9. The molecule has 0 fully saturated rings. The number of hydrogen-bond donors (Lipinski definition) is 1. The number of thiophene rings is 1. The van der Waals surface area contributed by atoms with Crippen LogP contribution in [-0.4, -0.2) is 45.9 Å². The Labute approximate surface area is 245 Å². The number of aromatic nitrogens is 3. The van der Waals surface area contributed by atoms with Crippen LogP contribution >= 0.6 is 11.3 Å². The van der Waals surface area contributed by atoms with Crippen molar-refractivity contribution in [3.05, 3.63) is 104 Å². The van der Waals surface area contributed by atoms with Crippen molar-refractivity contribution >= 4 is 27.2 Å². The van der Waals surface area contributed by atoms with Crippen molar-refractivity contribution in [2.75, 3.05) is 26.4 Å². The standard InChI is InChI=1S/C29H24F5N5O3S/c1-37(2)13-20-24-26(40)39(23-11-10-18(12-36-23)42-15-29(32,33)34)28(41)38(14-19-21(30)4-3-5-22(19)31)27(24)43-25(20)16-6-8-17(35)9-7-16/h3-12H,13-15,35H2,1-2H3. The van der Waals surface area contributed by atoms with Crippen LogP contribution in [0.3, 0.4) is 0 Å². The molecule has 3 aromatic heterocycles. The summed E-state index contributed by atoms with van der Waals surface area (Å²) >= 11 is 1.12. The summed E-state index contributed by atoms with van der Waals surface area (Å²) in [5.74, 6) is -2.22. The molecule has 0 amide bonds. The summed E-state index contributed by atoms with van der Waals surface area (Å²) in [5.41, 5.74) is 5.56. The van der Waals surface area contributed by atoms with Gasteiger partial charge in [0.15, 0.2) is 6.61 Å². The second-order valence-corrected chi connectivity index (χ2v) is 10.9. The zero-order valence-corrected chi connectivity index (χ0v) is 23.6. The lowest BCUT2D eigenvalue weighted by Crippen LogP contribution is -2.39. The first-order chi connectivity index (χ1) is 20.3. The van der Waals surface area contributed by atoms with Crippen molar-refractivity contribution in [1.82, 2.24) is 19.0 Å². The number of pyridine rings is 1. The number of anilines is 1. The molecule has 3 heterocycles. The summed E-state index contributed by atoms with van der Waals surface area (Å²) in [5, 5.41) is 0.126. The molecule has 0 aliphatic carbocycles. The first kappa shape index (κ1) is 29.9. The zero-order chi connectivity index (χ0) is 31.1. The first-order valence-electron chi connectivity index (χ1n) is 12.7. The summed E-state index contributed by atoms with van der Waals surface area (Å²) in [6.07, 6.45) is -3.63. The minimum absolute atomic E-state index is 0.126. The Morgan fingerprint density at radius 1 is 0.977 bits per heavy atom. The monoisotopic (exact) mass is 617 g/mol. The van der Waals surface area contributed by atoms with E-state index in [1.54, 1.807) is 38.4 Å². The van der Waals surface area contributed by atoms with Crippen molar-refractivity contribution in [3.8, 4) is 22.0 Å². The van der Waals surface area contributed by atoms with E-state index in [0.29, 0.717) is 21.7 Å². The zero-order valence-electron chi connectivity index (χ0n) is 22.8. The van der Waals surface area contributed by atoms with E-state index in [1.165, 1.54) is 6.07 Å². The van der Waals surface area contributed by atoms with E-state index >= 15 is 0 Å². The van der Waals surface area contributed by atoms with E-state index in [0.717, 1.165) is 50.9 Å². The molecule has 0 unspecified atom stereocenters. The van der Waals surface area contributed by atoms with Crippen LogP contribution in [0.2, 0.25) is 0 Å². The van der Waals surface area contributed by atoms with Gasteiger partial charge in [0.2, 0.25) is 0 Å². The quantitative estimate of drug-likeness (QED) is 0.190. The fourth-order valence-electron chi connectivity index (χ4n) is 4.54. The minimum atomic E-state index is -4.58. The fraction of sp³-hybridized carbons (Fsp3) is 0.207. The Kier molecular flexibility index (Phi) is 8.08. The van der Waals surface area contributed by atoms with Crippen LogP contribution in [0.25, 0.3) is 26.5 Å². The molecular formula is C29H24F5N5O3S. The lowest BCUT2D eigenvalue weighted by molar-refractivity contribution is -0.153. The van der Waals surface area contributed by atoms with Gasteiger partial charge in [-0.1, -0.05) is 18.2 Å². The van der Waals surface area contributed by atoms with Crippen molar-refractivity contribution in [2.24, 2.45) is 0 Å². The molecule has 5 rings (SSSR count). The van der Waals surface area contributed by atoms with Crippen LogP contribution in [-0.2, 0) is 13.1 Å². The maximum absolute atomic E-state index is 14.8. The molecule has 0 saturated carbocycles. The molecule has 0 saturated heterocycles. The molecular weight excluding hydrogens is 593 g/mol. The summed E-state index contributed by atoms with van der Waals surface area (Å²) in [6, 6.07) is 12.5. The van der Waals surface area contributed by atoms with Crippen molar-refractivity contribution in [1.29, 1.82) is 0 Å². The maximum atomic E-state index is 14.8. The van der Waals surface area contributed by atoms with E-state index in [2.05, 4.69) is 4.98 Å². The highest BCUT2D eigenvalue weighted by atomic mass is 32.1. The lowest BCUT2D eigenvalue weighted by Gasteiger charge is -2.15. The number of fused-ring (bicyclic) bond motifs is 1. The third-order valence-electron chi connectivity index (χ3n) is 6.45. The van der Waals surface area contributed by atoms with Crippen LogP contribution in [0.1, 0.15) is 11.1 Å². The second-order valence-electron chi connectivity index (χ2n) is 9.92. The predicted molar refractivity (Wildman–Crippen MR) is 154 cm³/mol. The van der Waals surface area contributed by atoms with Gasteiger partial charge in [-0.2, -0.15) is 13.2 Å². The van der Waals surface area contributed by atoms with E-state index in [1.807, 2.05) is 4.90 Å². The summed E-state index contributed by atoms with van der Waals surface area (Å²) in [6.45, 7) is -1.85. The number of alkyl halides is 3. The van der Waals surface area contributed by atoms with Gasteiger partial charge in [0.1, 0.15) is 28.0 Å². The number of ether oxygens (including phenoxy) is 1. The van der Waals surface area contributed by atoms with Crippen molar-refractivity contribution < 1.29 is 26.7 Å². The largest absolute Gasteiger partial charge is 0.483 e. The number of nitrogens with zero attached hydrogens (tertiary/aromatic N) is 4. The minimum Gasteiger partial charge on any atom is -0.483 e. The van der Waals surface area contributed by atoms with Gasteiger partial charge in [0.25, 0.3) is 5.56 Å². The number of benzene rings is 2. The maximum Gasteiger partial charge on any atom is 0.422 e. The third kappa shape index (κ3) is 6.15. The molecule has 43 heavy (non-hydrogen) atoms. The van der Waals surface area contributed by atoms with E-state index < -0.39 is 47.8 Å². The van der Waals surface area contributed by atoms with Gasteiger partial charge in [0, 0.05) is 22.7 Å². The summed E-state index contributed by atoms with van der Waals surface area (Å²) < 4.78 is 73.9. The van der Waals surface area contributed by atoms with Gasteiger partial charge >= 0.3 is 11.9 Å². The van der Waals surface area contributed by atoms with Gasteiger partial charge in [0.05, 0.1) is 18.1 Å². The van der Waals surface area contributed by atoms with E-state index in [4.69, 9.17) is 10.5 Å². The van der Waals surface area contributed by atoms with Gasteiger partial charge in [-0.3, -0.25) is 9.36 Å². The summed E-state index contributed by atoms with van der Waals surface area (Å²) in [7, 11) is 3.58. The Morgan fingerprint density at radius 3 is 2.23 bits per heavy atom. The number of nitrogen functional groups attached to an aromatic ring is 1. The van der Waals surface area contributed by atoms with Crippen LogP contribution in [0.15, 0.2) is 70.4 Å². The van der Waals surface area contributed by atoms with E-state index in [-0.39, 0.29) is 28.3 Å². The molecule has 8 nitrogen and oxygen atoms in total.